The number of carbonyl (C=O) groups excluding carboxylic acids is 1. The number of nitrogens with zero attached hydrogens (tertiary/aromatic N) is 1. The summed E-state index contributed by atoms with van der Waals surface area (Å²) in [7, 11) is 0. The number of aliphatic imine (C=N–C) groups is 1. The summed E-state index contributed by atoms with van der Waals surface area (Å²) in [5.41, 5.74) is 5.44. The van der Waals surface area contributed by atoms with E-state index in [2.05, 4.69) is 15.6 Å². The number of nitrogens with two attached hydrogens (primary N) is 1. The van der Waals surface area contributed by atoms with Crippen molar-refractivity contribution in [2.75, 3.05) is 6.61 Å². The highest BCUT2D eigenvalue weighted by atomic mass is 16.5. The van der Waals surface area contributed by atoms with Crippen LogP contribution in [0.1, 0.15) is 19.8 Å². The maximum atomic E-state index is 11.4. The van der Waals surface area contributed by atoms with Crippen molar-refractivity contribution >= 4 is 12.2 Å². The first-order valence-corrected chi connectivity index (χ1v) is 5.43. The van der Waals surface area contributed by atoms with Gasteiger partial charge >= 0.3 is 6.03 Å². The predicted molar refractivity (Wildman–Crippen MR) is 63.1 cm³/mol. The smallest absolute Gasteiger partial charge is 0.320 e. The zero-order valence-electron chi connectivity index (χ0n) is 9.72. The summed E-state index contributed by atoms with van der Waals surface area (Å²) in [4.78, 5) is 15.1. The Balaban J connectivity index is 2.28. The van der Waals surface area contributed by atoms with Crippen molar-refractivity contribution in [1.82, 2.24) is 10.6 Å². The summed E-state index contributed by atoms with van der Waals surface area (Å²) in [6.45, 7) is 1.69. The minimum Gasteiger partial charge on any atom is -0.394 e. The number of ether oxygens (including phenoxy) is 1. The van der Waals surface area contributed by atoms with Gasteiger partial charge in [0.2, 0.25) is 0 Å². The van der Waals surface area contributed by atoms with Crippen molar-refractivity contribution in [3.05, 3.63) is 12.0 Å². The van der Waals surface area contributed by atoms with Gasteiger partial charge in [-0.25, -0.2) is 9.79 Å². The number of aliphatic hydroxyl groups excluding tert-OH is 1. The number of rotatable bonds is 4. The van der Waals surface area contributed by atoms with Crippen molar-refractivity contribution in [3.63, 3.8) is 0 Å². The lowest BCUT2D eigenvalue weighted by Gasteiger charge is -2.13. The highest BCUT2D eigenvalue weighted by Crippen LogP contribution is 2.16. The zero-order chi connectivity index (χ0) is 12.7. The van der Waals surface area contributed by atoms with Gasteiger partial charge in [-0.2, -0.15) is 0 Å². The second-order valence-corrected chi connectivity index (χ2v) is 3.58. The van der Waals surface area contributed by atoms with E-state index in [-0.39, 0.29) is 24.8 Å². The lowest BCUT2D eigenvalue weighted by atomic mass is 10.2. The largest absolute Gasteiger partial charge is 0.394 e. The fourth-order valence-electron chi connectivity index (χ4n) is 1.46. The van der Waals surface area contributed by atoms with Gasteiger partial charge in [0.25, 0.3) is 0 Å². The predicted octanol–water partition coefficient (Wildman–Crippen LogP) is -0.369. The van der Waals surface area contributed by atoms with Crippen LogP contribution in [-0.4, -0.2) is 36.3 Å². The number of amides is 2. The van der Waals surface area contributed by atoms with Gasteiger partial charge in [-0.15, -0.1) is 0 Å². The molecule has 0 unspecified atom stereocenters. The summed E-state index contributed by atoms with van der Waals surface area (Å²) in [6.07, 6.45) is 3.69. The minimum absolute atomic E-state index is 0.0299. The topological polar surface area (TPSA) is 109 Å². The number of carbonyl (C=O) groups is 1. The molecule has 2 amide bonds. The molecule has 96 valence electrons. The van der Waals surface area contributed by atoms with E-state index >= 15 is 0 Å². The summed E-state index contributed by atoms with van der Waals surface area (Å²) < 4.78 is 5.33. The van der Waals surface area contributed by atoms with Crippen LogP contribution in [0, 0.1) is 0 Å². The van der Waals surface area contributed by atoms with Gasteiger partial charge in [-0.3, -0.25) is 0 Å². The third kappa shape index (κ3) is 4.83. The minimum atomic E-state index is -0.414. The van der Waals surface area contributed by atoms with Gasteiger partial charge in [0.05, 0.1) is 12.7 Å². The molecular formula is C10H18N4O3. The Morgan fingerprint density at radius 2 is 2.41 bits per heavy atom. The Morgan fingerprint density at radius 3 is 3.00 bits per heavy atom. The number of nitrogens with one attached hydrogen (secondary N) is 2. The Bertz CT molecular complexity index is 317. The molecule has 1 fully saturated rings. The zero-order valence-corrected chi connectivity index (χ0v) is 9.72. The standard InChI is InChI=1S/C10H18N4O3/c1-2-12-8(11)5-13-10(16)14-9-4-3-7(6-15)17-9/h2,5,7,9,15H,3-4,6,11H2,1H3,(H2,13,14,16)/b8-5+,12-2?/t7-,9+/m0/s1. The lowest BCUT2D eigenvalue weighted by molar-refractivity contribution is 0.00263. The molecule has 17 heavy (non-hydrogen) atoms. The first kappa shape index (κ1) is 13.5. The fourth-order valence-corrected chi connectivity index (χ4v) is 1.46. The molecule has 1 rings (SSSR count). The molecule has 1 heterocycles. The number of hydrogen-bond acceptors (Lipinski definition) is 5. The van der Waals surface area contributed by atoms with Crippen molar-refractivity contribution in [3.8, 4) is 0 Å². The monoisotopic (exact) mass is 242 g/mol. The highest BCUT2D eigenvalue weighted by molar-refractivity contribution is 5.75. The molecule has 0 bridgehead atoms. The van der Waals surface area contributed by atoms with Crippen LogP contribution in [0.15, 0.2) is 17.0 Å². The number of aliphatic hydroxyl groups is 1. The molecule has 0 saturated carbocycles. The quantitative estimate of drug-likeness (QED) is 0.504. The first-order valence-electron chi connectivity index (χ1n) is 5.43. The molecule has 2 atom stereocenters. The average Bonchev–Trinajstić information content (AvgIpc) is 2.74. The lowest BCUT2D eigenvalue weighted by Crippen LogP contribution is -2.40. The Hall–Kier alpha value is -1.60. The molecule has 0 aromatic heterocycles. The molecule has 1 saturated heterocycles. The van der Waals surface area contributed by atoms with Crippen molar-refractivity contribution in [2.24, 2.45) is 10.7 Å². The van der Waals surface area contributed by atoms with Gasteiger partial charge in [0, 0.05) is 12.4 Å². The summed E-state index contributed by atoms with van der Waals surface area (Å²) in [5.74, 6) is 0.211. The number of urea groups is 1. The van der Waals surface area contributed by atoms with E-state index in [1.165, 1.54) is 12.4 Å². The second kappa shape index (κ2) is 6.87. The summed E-state index contributed by atoms with van der Waals surface area (Å²) in [5, 5.41) is 13.9. The molecule has 7 nitrogen and oxygen atoms in total. The number of hydrogen-bond donors (Lipinski definition) is 4. The molecule has 7 heteroatoms. The Morgan fingerprint density at radius 1 is 1.65 bits per heavy atom. The van der Waals surface area contributed by atoms with Gasteiger partial charge in [0.15, 0.2) is 0 Å². The normalized spacial score (nSPS) is 25.2. The van der Waals surface area contributed by atoms with Crippen LogP contribution in [-0.2, 0) is 4.74 Å². The van der Waals surface area contributed by atoms with Crippen LogP contribution in [0.5, 0.6) is 0 Å². The van der Waals surface area contributed by atoms with E-state index in [9.17, 15) is 4.79 Å². The Kier molecular flexibility index (Phi) is 5.44. The molecule has 0 aliphatic carbocycles. The molecule has 5 N–H and O–H groups in total. The van der Waals surface area contributed by atoms with Crippen LogP contribution < -0.4 is 16.4 Å². The van der Waals surface area contributed by atoms with Gasteiger partial charge in [-0.1, -0.05) is 0 Å². The van der Waals surface area contributed by atoms with Crippen molar-refractivity contribution in [2.45, 2.75) is 32.1 Å². The Labute approximate surface area is 99.7 Å². The average molecular weight is 242 g/mol. The van der Waals surface area contributed by atoms with E-state index in [4.69, 9.17) is 15.6 Å². The van der Waals surface area contributed by atoms with E-state index < -0.39 is 6.03 Å². The second-order valence-electron chi connectivity index (χ2n) is 3.58. The third-order valence-electron chi connectivity index (χ3n) is 2.23. The van der Waals surface area contributed by atoms with Crippen LogP contribution in [0.4, 0.5) is 4.79 Å². The van der Waals surface area contributed by atoms with Gasteiger partial charge in [0.1, 0.15) is 12.0 Å². The molecule has 0 aromatic carbocycles. The first-order chi connectivity index (χ1) is 8.15. The van der Waals surface area contributed by atoms with Crippen LogP contribution in [0.3, 0.4) is 0 Å². The third-order valence-corrected chi connectivity index (χ3v) is 2.23. The van der Waals surface area contributed by atoms with E-state index in [1.807, 2.05) is 0 Å². The molecular weight excluding hydrogens is 224 g/mol. The van der Waals surface area contributed by atoms with Gasteiger partial charge < -0.3 is 26.2 Å². The molecule has 1 aliphatic heterocycles. The fraction of sp³-hybridized carbons (Fsp3) is 0.600. The maximum absolute atomic E-state index is 11.4. The molecule has 0 aromatic rings. The SMILES string of the molecule is CC=N/C(N)=C/NC(=O)N[C@H]1CC[C@@H](CO)O1. The maximum Gasteiger partial charge on any atom is 0.320 e. The van der Waals surface area contributed by atoms with Crippen LogP contribution in [0.25, 0.3) is 0 Å². The van der Waals surface area contributed by atoms with Crippen molar-refractivity contribution in [1.29, 1.82) is 0 Å². The van der Waals surface area contributed by atoms with Crippen molar-refractivity contribution < 1.29 is 14.6 Å². The molecule has 0 spiro atoms. The highest BCUT2D eigenvalue weighted by Gasteiger charge is 2.25. The van der Waals surface area contributed by atoms with Gasteiger partial charge in [-0.05, 0) is 19.8 Å². The summed E-state index contributed by atoms with van der Waals surface area (Å²) >= 11 is 0. The van der Waals surface area contributed by atoms with E-state index in [0.717, 1.165) is 6.42 Å². The van der Waals surface area contributed by atoms with Crippen LogP contribution >= 0.6 is 0 Å². The van der Waals surface area contributed by atoms with E-state index in [0.29, 0.717) is 6.42 Å². The molecule has 1 aliphatic rings. The van der Waals surface area contributed by atoms with Crippen LogP contribution in [0.2, 0.25) is 0 Å². The molecule has 0 radical (unpaired) electrons. The summed E-state index contributed by atoms with van der Waals surface area (Å²) in [6, 6.07) is -0.414. The van der Waals surface area contributed by atoms with E-state index in [1.54, 1.807) is 6.92 Å².